The zero-order chi connectivity index (χ0) is 15.1. The minimum absolute atomic E-state index is 0. The van der Waals surface area contributed by atoms with Gasteiger partial charge in [-0.05, 0) is 37.9 Å². The van der Waals surface area contributed by atoms with Gasteiger partial charge in [0.1, 0.15) is 0 Å². The molecular weight excluding hydrogens is 387 g/mol. The Kier molecular flexibility index (Phi) is 8.78. The Morgan fingerprint density at radius 2 is 2.00 bits per heavy atom. The fourth-order valence-corrected chi connectivity index (χ4v) is 2.42. The average Bonchev–Trinajstić information content (AvgIpc) is 3.18. The fourth-order valence-electron chi connectivity index (χ4n) is 2.42. The van der Waals surface area contributed by atoms with E-state index in [1.54, 1.807) is 0 Å². The Balaban J connectivity index is 0.00000242. The van der Waals surface area contributed by atoms with E-state index in [2.05, 4.69) is 64.8 Å². The van der Waals surface area contributed by atoms with Gasteiger partial charge < -0.3 is 15.5 Å². The van der Waals surface area contributed by atoms with E-state index in [4.69, 9.17) is 0 Å². The average molecular weight is 416 g/mol. The molecule has 2 rings (SSSR count). The molecule has 124 valence electrons. The highest BCUT2D eigenvalue weighted by atomic mass is 127. The number of halogens is 1. The fraction of sp³-hybridized carbons (Fsp3) is 0.588. The van der Waals surface area contributed by atoms with E-state index in [0.717, 1.165) is 37.9 Å². The van der Waals surface area contributed by atoms with Gasteiger partial charge in [-0.25, -0.2) is 0 Å². The van der Waals surface area contributed by atoms with Crippen LogP contribution in [0.2, 0.25) is 0 Å². The van der Waals surface area contributed by atoms with Gasteiger partial charge in [0.2, 0.25) is 0 Å². The van der Waals surface area contributed by atoms with Crippen LogP contribution in [0.1, 0.15) is 25.3 Å². The van der Waals surface area contributed by atoms with Crippen molar-refractivity contribution in [3.8, 4) is 0 Å². The van der Waals surface area contributed by atoms with Gasteiger partial charge in [0.15, 0.2) is 5.96 Å². The zero-order valence-electron chi connectivity index (χ0n) is 13.9. The van der Waals surface area contributed by atoms with Gasteiger partial charge in [-0.1, -0.05) is 37.3 Å². The van der Waals surface area contributed by atoms with Crippen LogP contribution in [0.15, 0.2) is 35.3 Å². The molecule has 4 nitrogen and oxygen atoms in total. The molecule has 2 N–H and O–H groups in total. The predicted molar refractivity (Wildman–Crippen MR) is 105 cm³/mol. The lowest BCUT2D eigenvalue weighted by Gasteiger charge is -2.17. The highest BCUT2D eigenvalue weighted by Gasteiger charge is 2.33. The maximum Gasteiger partial charge on any atom is 0.191 e. The summed E-state index contributed by atoms with van der Waals surface area (Å²) in [5.41, 5.74) is 1.37. The summed E-state index contributed by atoms with van der Waals surface area (Å²) >= 11 is 0. The van der Waals surface area contributed by atoms with Crippen molar-refractivity contribution in [1.82, 2.24) is 15.5 Å². The Morgan fingerprint density at radius 1 is 1.32 bits per heavy atom. The Morgan fingerprint density at radius 3 is 2.59 bits per heavy atom. The predicted octanol–water partition coefficient (Wildman–Crippen LogP) is 2.70. The Labute approximate surface area is 151 Å². The molecule has 0 heterocycles. The standard InChI is InChI=1S/C17H28N4.HI/c1-14-12-16(14)20-17(18-2)19-10-7-11-21(3)13-15-8-5-4-6-9-15;/h4-6,8-9,14,16H,7,10-13H2,1-3H3,(H2,18,19,20);1H. The molecule has 0 bridgehead atoms. The molecule has 1 saturated carbocycles. The Bertz CT molecular complexity index is 449. The molecule has 1 aromatic carbocycles. The molecule has 5 heteroatoms. The molecule has 22 heavy (non-hydrogen) atoms. The highest BCUT2D eigenvalue weighted by Crippen LogP contribution is 2.28. The third-order valence-corrected chi connectivity index (χ3v) is 3.96. The van der Waals surface area contributed by atoms with Crippen LogP contribution in [0, 0.1) is 5.92 Å². The third kappa shape index (κ3) is 6.96. The summed E-state index contributed by atoms with van der Waals surface area (Å²) in [6.45, 7) is 5.31. The normalized spacial score (nSPS) is 20.5. The van der Waals surface area contributed by atoms with Crippen molar-refractivity contribution in [2.45, 2.75) is 32.4 Å². The quantitative estimate of drug-likeness (QED) is 0.311. The van der Waals surface area contributed by atoms with E-state index in [-0.39, 0.29) is 24.0 Å². The summed E-state index contributed by atoms with van der Waals surface area (Å²) in [7, 11) is 4.01. The molecule has 1 fully saturated rings. The van der Waals surface area contributed by atoms with Crippen LogP contribution in [0.4, 0.5) is 0 Å². The number of nitrogens with one attached hydrogen (secondary N) is 2. The molecule has 0 amide bonds. The van der Waals surface area contributed by atoms with Gasteiger partial charge in [-0.2, -0.15) is 0 Å². The zero-order valence-corrected chi connectivity index (χ0v) is 16.2. The number of nitrogens with zero attached hydrogens (tertiary/aromatic N) is 2. The van der Waals surface area contributed by atoms with E-state index in [1.807, 2.05) is 7.05 Å². The molecule has 0 aliphatic heterocycles. The van der Waals surface area contributed by atoms with Crippen molar-refractivity contribution in [3.05, 3.63) is 35.9 Å². The first kappa shape index (κ1) is 19.2. The van der Waals surface area contributed by atoms with Crippen LogP contribution in [-0.2, 0) is 6.54 Å². The smallest absolute Gasteiger partial charge is 0.191 e. The van der Waals surface area contributed by atoms with Gasteiger partial charge in [0.25, 0.3) is 0 Å². The van der Waals surface area contributed by atoms with E-state index in [1.165, 1.54) is 12.0 Å². The van der Waals surface area contributed by atoms with Crippen LogP contribution >= 0.6 is 24.0 Å². The molecule has 0 spiro atoms. The van der Waals surface area contributed by atoms with Crippen molar-refractivity contribution in [3.63, 3.8) is 0 Å². The maximum atomic E-state index is 4.27. The number of benzene rings is 1. The van der Waals surface area contributed by atoms with Crippen LogP contribution in [-0.4, -0.2) is 44.1 Å². The lowest BCUT2D eigenvalue weighted by atomic mass is 10.2. The molecule has 2 unspecified atom stereocenters. The molecule has 0 aromatic heterocycles. The summed E-state index contributed by atoms with van der Waals surface area (Å²) in [6, 6.07) is 11.2. The SMILES string of the molecule is CN=C(NCCCN(C)Cc1ccccc1)NC1CC1C.I. The first-order valence-corrected chi connectivity index (χ1v) is 7.88. The molecule has 2 atom stereocenters. The van der Waals surface area contributed by atoms with Crippen molar-refractivity contribution in [1.29, 1.82) is 0 Å². The topological polar surface area (TPSA) is 39.7 Å². The minimum atomic E-state index is 0. The van der Waals surface area contributed by atoms with E-state index < -0.39 is 0 Å². The molecule has 1 aromatic rings. The monoisotopic (exact) mass is 416 g/mol. The van der Waals surface area contributed by atoms with Gasteiger partial charge in [-0.15, -0.1) is 24.0 Å². The van der Waals surface area contributed by atoms with Gasteiger partial charge in [0, 0.05) is 26.2 Å². The minimum Gasteiger partial charge on any atom is -0.356 e. The summed E-state index contributed by atoms with van der Waals surface area (Å²) in [4.78, 5) is 6.63. The first-order chi connectivity index (χ1) is 10.2. The molecule has 1 aliphatic rings. The van der Waals surface area contributed by atoms with Crippen LogP contribution in [0.3, 0.4) is 0 Å². The number of aliphatic imine (C=N–C) groups is 1. The van der Waals surface area contributed by atoms with Gasteiger partial charge in [0.05, 0.1) is 0 Å². The van der Waals surface area contributed by atoms with Crippen LogP contribution < -0.4 is 10.6 Å². The molecular formula is C17H29IN4. The lowest BCUT2D eigenvalue weighted by molar-refractivity contribution is 0.322. The number of rotatable bonds is 7. The number of guanidine groups is 1. The summed E-state index contributed by atoms with van der Waals surface area (Å²) < 4.78 is 0. The molecule has 0 saturated heterocycles. The molecule has 0 radical (unpaired) electrons. The first-order valence-electron chi connectivity index (χ1n) is 7.88. The van der Waals surface area contributed by atoms with E-state index in [0.29, 0.717) is 6.04 Å². The van der Waals surface area contributed by atoms with Crippen molar-refractivity contribution in [2.75, 3.05) is 27.2 Å². The van der Waals surface area contributed by atoms with E-state index >= 15 is 0 Å². The summed E-state index contributed by atoms with van der Waals surface area (Å²) in [5, 5.41) is 6.84. The number of hydrogen-bond donors (Lipinski definition) is 2. The van der Waals surface area contributed by atoms with Crippen molar-refractivity contribution in [2.24, 2.45) is 10.9 Å². The summed E-state index contributed by atoms with van der Waals surface area (Å²) in [5.74, 6) is 1.73. The van der Waals surface area contributed by atoms with E-state index in [9.17, 15) is 0 Å². The van der Waals surface area contributed by atoms with Gasteiger partial charge in [-0.3, -0.25) is 4.99 Å². The van der Waals surface area contributed by atoms with Gasteiger partial charge >= 0.3 is 0 Å². The van der Waals surface area contributed by atoms with Crippen LogP contribution in [0.5, 0.6) is 0 Å². The van der Waals surface area contributed by atoms with Crippen LogP contribution in [0.25, 0.3) is 0 Å². The van der Waals surface area contributed by atoms with Crippen molar-refractivity contribution >= 4 is 29.9 Å². The molecule has 1 aliphatic carbocycles. The Hall–Kier alpha value is -0.820. The number of hydrogen-bond acceptors (Lipinski definition) is 2. The third-order valence-electron chi connectivity index (χ3n) is 3.96. The maximum absolute atomic E-state index is 4.27. The summed E-state index contributed by atoms with van der Waals surface area (Å²) in [6.07, 6.45) is 2.38. The lowest BCUT2D eigenvalue weighted by Crippen LogP contribution is -2.40. The second kappa shape index (κ2) is 10.0. The highest BCUT2D eigenvalue weighted by molar-refractivity contribution is 14.0. The second-order valence-electron chi connectivity index (χ2n) is 6.04. The largest absolute Gasteiger partial charge is 0.356 e. The van der Waals surface area contributed by atoms with Crippen molar-refractivity contribution < 1.29 is 0 Å². The second-order valence-corrected chi connectivity index (χ2v) is 6.04.